The number of aryl methyl sites for hydroxylation is 1. The molecule has 0 radical (unpaired) electrons. The number of nitrogens with one attached hydrogen (secondary N) is 1. The number of amides is 1. The van der Waals surface area contributed by atoms with Gasteiger partial charge in [0.05, 0.1) is 5.92 Å². The first-order valence-electron chi connectivity index (χ1n) is 9.36. The highest BCUT2D eigenvalue weighted by atomic mass is 16.2. The average Bonchev–Trinajstić information content (AvgIpc) is 3.23. The molecule has 2 aromatic carbocycles. The second-order valence-electron chi connectivity index (χ2n) is 7.42. The van der Waals surface area contributed by atoms with Crippen LogP contribution in [0.4, 0.5) is 0 Å². The van der Waals surface area contributed by atoms with Gasteiger partial charge in [0.2, 0.25) is 5.91 Å². The fraction of sp³-hybridized carbons (Fsp3) is 0.409. The van der Waals surface area contributed by atoms with E-state index in [0.717, 1.165) is 19.4 Å². The predicted octanol–water partition coefficient (Wildman–Crippen LogP) is 3.84. The molecule has 1 amide bonds. The van der Waals surface area contributed by atoms with Gasteiger partial charge in [0.1, 0.15) is 0 Å². The van der Waals surface area contributed by atoms with Gasteiger partial charge in [-0.25, -0.2) is 0 Å². The smallest absolute Gasteiger partial charge is 0.225 e. The molecule has 4 rings (SSSR count). The summed E-state index contributed by atoms with van der Waals surface area (Å²) in [7, 11) is 0. The van der Waals surface area contributed by atoms with Crippen LogP contribution in [0.15, 0.2) is 54.6 Å². The van der Waals surface area contributed by atoms with Crippen LogP contribution in [-0.4, -0.2) is 23.4 Å². The summed E-state index contributed by atoms with van der Waals surface area (Å²) in [4.78, 5) is 15.4. The van der Waals surface area contributed by atoms with Crippen LogP contribution in [0.5, 0.6) is 0 Å². The van der Waals surface area contributed by atoms with Gasteiger partial charge in [-0.1, -0.05) is 60.2 Å². The molecule has 0 aliphatic carbocycles. The number of carbonyl (C=O) groups excluding carboxylic acids is 1. The van der Waals surface area contributed by atoms with Crippen LogP contribution < -0.4 is 5.32 Å². The Hall–Kier alpha value is -2.13. The number of rotatable bonds is 4. The van der Waals surface area contributed by atoms with Crippen molar-refractivity contribution in [1.29, 1.82) is 0 Å². The first kappa shape index (κ1) is 16.3. The number of hydrogen-bond acceptors (Lipinski definition) is 2. The van der Waals surface area contributed by atoms with E-state index in [1.165, 1.54) is 23.1 Å². The maximum absolute atomic E-state index is 12.9. The summed E-state index contributed by atoms with van der Waals surface area (Å²) in [6, 6.07) is 19.8. The minimum absolute atomic E-state index is 0.109. The summed E-state index contributed by atoms with van der Waals surface area (Å²) in [5.41, 5.74) is 3.76. The van der Waals surface area contributed by atoms with E-state index in [1.54, 1.807) is 0 Å². The molecule has 3 heteroatoms. The molecule has 130 valence electrons. The van der Waals surface area contributed by atoms with Gasteiger partial charge in [-0.2, -0.15) is 0 Å². The molecule has 25 heavy (non-hydrogen) atoms. The topological polar surface area (TPSA) is 32.3 Å². The molecule has 0 spiro atoms. The minimum Gasteiger partial charge on any atom is -0.352 e. The zero-order valence-electron chi connectivity index (χ0n) is 14.8. The second-order valence-corrected chi connectivity index (χ2v) is 7.42. The highest BCUT2D eigenvalue weighted by Crippen LogP contribution is 2.44. The number of hydrogen-bond donors (Lipinski definition) is 1. The van der Waals surface area contributed by atoms with Crippen molar-refractivity contribution in [3.05, 3.63) is 71.3 Å². The molecule has 3 nitrogen and oxygen atoms in total. The standard InChI is InChI=1S/C22H26N2O/c1-16-7-5-8-17(13-16)15-23-22(25)19-14-21(18-9-3-2-4-10-18)24-12-6-11-20(19)24/h2-5,7-10,13,19-21H,6,11-12,14-15H2,1H3,(H,23,25)/t19-,20+,21-/m1/s1. The number of fused-ring (bicyclic) bond motifs is 1. The van der Waals surface area contributed by atoms with Gasteiger partial charge in [0, 0.05) is 18.6 Å². The third kappa shape index (κ3) is 3.34. The van der Waals surface area contributed by atoms with E-state index < -0.39 is 0 Å². The zero-order chi connectivity index (χ0) is 17.2. The Balaban J connectivity index is 1.45. The first-order valence-corrected chi connectivity index (χ1v) is 9.36. The Morgan fingerprint density at radius 2 is 2.00 bits per heavy atom. The Morgan fingerprint density at radius 1 is 1.16 bits per heavy atom. The zero-order valence-corrected chi connectivity index (χ0v) is 14.8. The maximum Gasteiger partial charge on any atom is 0.225 e. The molecule has 0 saturated carbocycles. The first-order chi connectivity index (χ1) is 12.2. The van der Waals surface area contributed by atoms with Crippen molar-refractivity contribution in [3.8, 4) is 0 Å². The molecule has 2 aromatic rings. The quantitative estimate of drug-likeness (QED) is 0.921. The fourth-order valence-electron chi connectivity index (χ4n) is 4.59. The fourth-order valence-corrected chi connectivity index (χ4v) is 4.59. The van der Waals surface area contributed by atoms with Gasteiger partial charge >= 0.3 is 0 Å². The molecule has 2 aliphatic heterocycles. The van der Waals surface area contributed by atoms with Crippen LogP contribution >= 0.6 is 0 Å². The van der Waals surface area contributed by atoms with Crippen LogP contribution in [0.25, 0.3) is 0 Å². The van der Waals surface area contributed by atoms with Crippen LogP contribution in [0, 0.1) is 12.8 Å². The number of nitrogens with zero attached hydrogens (tertiary/aromatic N) is 1. The van der Waals surface area contributed by atoms with Crippen molar-refractivity contribution >= 4 is 5.91 Å². The summed E-state index contributed by atoms with van der Waals surface area (Å²) in [6.45, 7) is 3.83. The SMILES string of the molecule is Cc1cccc(CNC(=O)[C@@H]2C[C@H](c3ccccc3)N3CCC[C@@H]23)c1. The molecular weight excluding hydrogens is 308 g/mol. The average molecular weight is 334 g/mol. The van der Waals surface area contributed by atoms with E-state index in [9.17, 15) is 4.79 Å². The van der Waals surface area contributed by atoms with Crippen LogP contribution in [0.2, 0.25) is 0 Å². The van der Waals surface area contributed by atoms with E-state index in [0.29, 0.717) is 18.6 Å². The maximum atomic E-state index is 12.9. The molecule has 1 N–H and O–H groups in total. The van der Waals surface area contributed by atoms with E-state index in [-0.39, 0.29) is 11.8 Å². The third-order valence-corrected chi connectivity index (χ3v) is 5.75. The summed E-state index contributed by atoms with van der Waals surface area (Å²) in [5.74, 6) is 0.328. The highest BCUT2D eigenvalue weighted by Gasteiger charge is 2.46. The van der Waals surface area contributed by atoms with Crippen LogP contribution in [-0.2, 0) is 11.3 Å². The largest absolute Gasteiger partial charge is 0.352 e. The van der Waals surface area contributed by atoms with Crippen molar-refractivity contribution < 1.29 is 4.79 Å². The van der Waals surface area contributed by atoms with Crippen LogP contribution in [0.1, 0.15) is 42.0 Å². The van der Waals surface area contributed by atoms with Crippen molar-refractivity contribution in [2.45, 2.75) is 44.8 Å². The highest BCUT2D eigenvalue weighted by molar-refractivity contribution is 5.80. The van der Waals surface area contributed by atoms with Crippen molar-refractivity contribution in [1.82, 2.24) is 10.2 Å². The van der Waals surface area contributed by atoms with Crippen molar-refractivity contribution in [2.75, 3.05) is 6.54 Å². The molecule has 2 fully saturated rings. The third-order valence-electron chi connectivity index (χ3n) is 5.75. The summed E-state index contributed by atoms with van der Waals surface area (Å²) < 4.78 is 0. The molecule has 2 saturated heterocycles. The minimum atomic E-state index is 0.109. The molecular formula is C22H26N2O. The van der Waals surface area contributed by atoms with Crippen molar-refractivity contribution in [3.63, 3.8) is 0 Å². The Bertz CT molecular complexity index is 743. The van der Waals surface area contributed by atoms with Gasteiger partial charge in [0.15, 0.2) is 0 Å². The number of carbonyl (C=O) groups is 1. The number of benzene rings is 2. The Morgan fingerprint density at radius 3 is 2.80 bits per heavy atom. The molecule has 2 heterocycles. The van der Waals surface area contributed by atoms with Gasteiger partial charge in [-0.05, 0) is 43.9 Å². The summed E-state index contributed by atoms with van der Waals surface area (Å²) >= 11 is 0. The second kappa shape index (κ2) is 7.01. The summed E-state index contributed by atoms with van der Waals surface area (Å²) in [6.07, 6.45) is 3.29. The lowest BCUT2D eigenvalue weighted by atomic mass is 9.93. The van der Waals surface area contributed by atoms with Gasteiger partial charge in [-0.15, -0.1) is 0 Å². The van der Waals surface area contributed by atoms with E-state index in [4.69, 9.17) is 0 Å². The lowest BCUT2D eigenvalue weighted by molar-refractivity contribution is -0.125. The monoisotopic (exact) mass is 334 g/mol. The van der Waals surface area contributed by atoms with E-state index in [1.807, 2.05) is 0 Å². The van der Waals surface area contributed by atoms with Gasteiger partial charge in [-0.3, -0.25) is 9.69 Å². The Kier molecular flexibility index (Phi) is 4.58. The van der Waals surface area contributed by atoms with Crippen LogP contribution in [0.3, 0.4) is 0 Å². The molecule has 2 aliphatic rings. The van der Waals surface area contributed by atoms with E-state index in [2.05, 4.69) is 71.7 Å². The lowest BCUT2D eigenvalue weighted by Crippen LogP contribution is -2.37. The lowest BCUT2D eigenvalue weighted by Gasteiger charge is -2.24. The Labute approximate surface area is 150 Å². The normalized spacial score (nSPS) is 25.7. The van der Waals surface area contributed by atoms with E-state index >= 15 is 0 Å². The molecule has 3 atom stereocenters. The van der Waals surface area contributed by atoms with Crippen molar-refractivity contribution in [2.24, 2.45) is 5.92 Å². The molecule has 0 unspecified atom stereocenters. The summed E-state index contributed by atoms with van der Waals surface area (Å²) in [5, 5.41) is 3.19. The molecule has 0 bridgehead atoms. The molecule has 0 aromatic heterocycles. The van der Waals surface area contributed by atoms with Gasteiger partial charge in [0.25, 0.3) is 0 Å². The van der Waals surface area contributed by atoms with Gasteiger partial charge < -0.3 is 5.32 Å². The predicted molar refractivity (Wildman–Crippen MR) is 100 cm³/mol.